The first-order valence-corrected chi connectivity index (χ1v) is 7.27. The third-order valence-electron chi connectivity index (χ3n) is 3.73. The van der Waals surface area contributed by atoms with Gasteiger partial charge in [0, 0.05) is 20.3 Å². The highest BCUT2D eigenvalue weighted by Gasteiger charge is 2.41. The van der Waals surface area contributed by atoms with Crippen molar-refractivity contribution < 1.29 is 9.53 Å². The van der Waals surface area contributed by atoms with Gasteiger partial charge in [0.2, 0.25) is 5.91 Å². The Hall–Kier alpha value is -1.10. The Morgan fingerprint density at radius 3 is 2.80 bits per heavy atom. The van der Waals surface area contributed by atoms with Crippen LogP contribution in [-0.2, 0) is 9.53 Å². The summed E-state index contributed by atoms with van der Waals surface area (Å²) in [6.07, 6.45) is 3.49. The zero-order chi connectivity index (χ0) is 14.4. The molecule has 4 nitrogen and oxygen atoms in total. The molecule has 1 aromatic carbocycles. The van der Waals surface area contributed by atoms with E-state index in [1.165, 1.54) is 12.8 Å². The van der Waals surface area contributed by atoms with Gasteiger partial charge in [0.1, 0.15) is 0 Å². The van der Waals surface area contributed by atoms with Crippen LogP contribution in [0.15, 0.2) is 24.3 Å². The van der Waals surface area contributed by atoms with Gasteiger partial charge in [-0.15, -0.1) is 0 Å². The van der Waals surface area contributed by atoms with E-state index in [9.17, 15) is 4.79 Å². The molecule has 1 aliphatic rings. The number of anilines is 1. The summed E-state index contributed by atoms with van der Waals surface area (Å²) in [6.45, 7) is 1.96. The quantitative estimate of drug-likeness (QED) is 0.775. The topological polar surface area (TPSA) is 50.4 Å². The third-order valence-corrected chi connectivity index (χ3v) is 4.06. The lowest BCUT2D eigenvalue weighted by Gasteiger charge is -2.15. The number of halogens is 1. The van der Waals surface area contributed by atoms with Crippen LogP contribution in [0.5, 0.6) is 0 Å². The van der Waals surface area contributed by atoms with Gasteiger partial charge in [-0.3, -0.25) is 4.79 Å². The minimum atomic E-state index is -0.0689. The van der Waals surface area contributed by atoms with Crippen molar-refractivity contribution in [3.05, 3.63) is 29.3 Å². The molecule has 1 saturated carbocycles. The number of ether oxygens (including phenoxy) is 1. The van der Waals surface area contributed by atoms with Gasteiger partial charge in [-0.2, -0.15) is 0 Å². The van der Waals surface area contributed by atoms with Crippen molar-refractivity contribution in [1.82, 2.24) is 5.32 Å². The van der Waals surface area contributed by atoms with Gasteiger partial charge in [0.25, 0.3) is 0 Å². The summed E-state index contributed by atoms with van der Waals surface area (Å²) in [4.78, 5) is 11.8. The van der Waals surface area contributed by atoms with Crippen molar-refractivity contribution in [3.63, 3.8) is 0 Å². The molecule has 0 heterocycles. The smallest absolute Gasteiger partial charge is 0.238 e. The van der Waals surface area contributed by atoms with Crippen LogP contribution >= 0.6 is 11.6 Å². The van der Waals surface area contributed by atoms with Gasteiger partial charge < -0.3 is 15.4 Å². The average Bonchev–Trinajstić information content (AvgIpc) is 3.20. The first-order valence-electron chi connectivity index (χ1n) is 6.89. The lowest BCUT2D eigenvalue weighted by Crippen LogP contribution is -2.32. The molecule has 0 saturated heterocycles. The highest BCUT2D eigenvalue weighted by Crippen LogP contribution is 2.48. The van der Waals surface area contributed by atoms with Gasteiger partial charge in [0.15, 0.2) is 0 Å². The van der Waals surface area contributed by atoms with Crippen LogP contribution in [0.2, 0.25) is 5.02 Å². The number of carbonyl (C=O) groups is 1. The molecule has 0 aromatic heterocycles. The number of rotatable bonds is 8. The Morgan fingerprint density at radius 2 is 2.15 bits per heavy atom. The summed E-state index contributed by atoms with van der Waals surface area (Å²) in [5, 5.41) is 6.58. The van der Waals surface area contributed by atoms with Crippen LogP contribution < -0.4 is 10.6 Å². The lowest BCUT2D eigenvalue weighted by molar-refractivity contribution is -0.115. The van der Waals surface area contributed by atoms with Gasteiger partial charge in [-0.25, -0.2) is 0 Å². The summed E-state index contributed by atoms with van der Waals surface area (Å²) in [5.41, 5.74) is 1.00. The number of benzene rings is 1. The zero-order valence-corrected chi connectivity index (χ0v) is 12.5. The number of para-hydroxylation sites is 1. The molecule has 0 unspecified atom stereocenters. The van der Waals surface area contributed by atoms with Crippen LogP contribution in [0.1, 0.15) is 19.3 Å². The molecule has 1 aliphatic carbocycles. The minimum absolute atomic E-state index is 0.0689. The largest absolute Gasteiger partial charge is 0.385 e. The zero-order valence-electron chi connectivity index (χ0n) is 11.7. The Labute approximate surface area is 124 Å². The van der Waals surface area contributed by atoms with Gasteiger partial charge in [-0.05, 0) is 36.8 Å². The molecule has 0 atom stereocenters. The fourth-order valence-corrected chi connectivity index (χ4v) is 2.39. The summed E-state index contributed by atoms with van der Waals surface area (Å²) in [6, 6.07) is 7.23. The molecular formula is C15H21ClN2O2. The number of hydrogen-bond donors (Lipinski definition) is 2. The fraction of sp³-hybridized carbons (Fsp3) is 0.533. The number of amides is 1. The molecule has 0 radical (unpaired) electrons. The van der Waals surface area contributed by atoms with Gasteiger partial charge in [0.05, 0.1) is 17.3 Å². The van der Waals surface area contributed by atoms with Crippen LogP contribution in [-0.4, -0.2) is 32.7 Å². The maximum Gasteiger partial charge on any atom is 0.238 e. The molecule has 0 bridgehead atoms. The molecule has 110 valence electrons. The summed E-state index contributed by atoms with van der Waals surface area (Å²) >= 11 is 5.99. The number of nitrogens with one attached hydrogen (secondary N) is 2. The van der Waals surface area contributed by atoms with Crippen LogP contribution in [0.3, 0.4) is 0 Å². The third kappa shape index (κ3) is 4.47. The predicted octanol–water partition coefficient (Wildman–Crippen LogP) is 2.68. The predicted molar refractivity (Wildman–Crippen MR) is 81.1 cm³/mol. The van der Waals surface area contributed by atoms with Gasteiger partial charge in [-0.1, -0.05) is 23.7 Å². The minimum Gasteiger partial charge on any atom is -0.385 e. The monoisotopic (exact) mass is 296 g/mol. The van der Waals surface area contributed by atoms with Crippen molar-refractivity contribution in [2.75, 3.05) is 32.1 Å². The highest BCUT2D eigenvalue weighted by molar-refractivity contribution is 6.33. The Balaban J connectivity index is 1.70. The van der Waals surface area contributed by atoms with E-state index in [2.05, 4.69) is 10.6 Å². The summed E-state index contributed by atoms with van der Waals surface area (Å²) in [7, 11) is 1.72. The van der Waals surface area contributed by atoms with E-state index < -0.39 is 0 Å². The maximum atomic E-state index is 11.8. The van der Waals surface area contributed by atoms with E-state index in [0.717, 1.165) is 19.6 Å². The van der Waals surface area contributed by atoms with E-state index in [1.54, 1.807) is 19.2 Å². The molecule has 0 aliphatic heterocycles. The van der Waals surface area contributed by atoms with Crippen LogP contribution in [0.25, 0.3) is 0 Å². The Morgan fingerprint density at radius 1 is 1.40 bits per heavy atom. The second-order valence-corrected chi connectivity index (χ2v) is 5.78. The van der Waals surface area contributed by atoms with E-state index in [4.69, 9.17) is 16.3 Å². The average molecular weight is 297 g/mol. The lowest BCUT2D eigenvalue weighted by atomic mass is 10.0. The second kappa shape index (κ2) is 7.07. The molecule has 2 rings (SSSR count). The first kappa shape index (κ1) is 15.3. The molecule has 1 amide bonds. The van der Waals surface area contributed by atoms with Crippen LogP contribution in [0, 0.1) is 5.41 Å². The van der Waals surface area contributed by atoms with Crippen molar-refractivity contribution >= 4 is 23.2 Å². The molecule has 20 heavy (non-hydrogen) atoms. The van der Waals surface area contributed by atoms with E-state index in [0.29, 0.717) is 22.7 Å². The maximum absolute atomic E-state index is 11.8. The Kier molecular flexibility index (Phi) is 5.40. The van der Waals surface area contributed by atoms with Crippen LogP contribution in [0.4, 0.5) is 5.69 Å². The molecule has 5 heteroatoms. The standard InChI is InChI=1S/C15H21ClN2O2/c1-20-9-8-15(6-7-15)11-17-10-14(19)18-13-5-3-2-4-12(13)16/h2-5,17H,6-11H2,1H3,(H,18,19). The van der Waals surface area contributed by atoms with E-state index >= 15 is 0 Å². The van der Waals surface area contributed by atoms with Crippen molar-refractivity contribution in [2.45, 2.75) is 19.3 Å². The Bertz CT molecular complexity index is 461. The van der Waals surface area contributed by atoms with Gasteiger partial charge >= 0.3 is 0 Å². The summed E-state index contributed by atoms with van der Waals surface area (Å²) < 4.78 is 5.12. The number of carbonyl (C=O) groups excluding carboxylic acids is 1. The molecule has 0 spiro atoms. The second-order valence-electron chi connectivity index (χ2n) is 5.37. The number of methoxy groups -OCH3 is 1. The molecular weight excluding hydrogens is 276 g/mol. The SMILES string of the molecule is COCCC1(CNCC(=O)Nc2ccccc2Cl)CC1. The highest BCUT2D eigenvalue weighted by atomic mass is 35.5. The van der Waals surface area contributed by atoms with Crippen molar-refractivity contribution in [2.24, 2.45) is 5.41 Å². The van der Waals surface area contributed by atoms with Crippen molar-refractivity contribution in [3.8, 4) is 0 Å². The fourth-order valence-electron chi connectivity index (χ4n) is 2.21. The summed E-state index contributed by atoms with van der Waals surface area (Å²) in [5.74, 6) is -0.0689. The molecule has 1 aromatic rings. The normalized spacial score (nSPS) is 15.9. The molecule has 2 N–H and O–H groups in total. The van der Waals surface area contributed by atoms with Crippen molar-refractivity contribution in [1.29, 1.82) is 0 Å². The molecule has 1 fully saturated rings. The first-order chi connectivity index (χ1) is 9.65. The number of hydrogen-bond acceptors (Lipinski definition) is 3. The van der Waals surface area contributed by atoms with E-state index in [1.807, 2.05) is 12.1 Å². The van der Waals surface area contributed by atoms with E-state index in [-0.39, 0.29) is 5.91 Å².